The number of pyridine rings is 3. The van der Waals surface area contributed by atoms with E-state index in [0.29, 0.717) is 38.3 Å². The average molecular weight is 589 g/mol. The van der Waals surface area contributed by atoms with E-state index in [-0.39, 0.29) is 24.1 Å². The summed E-state index contributed by atoms with van der Waals surface area (Å²) in [5.74, 6) is -1.23. The molecule has 196 valence electrons. The Morgan fingerprint density at radius 3 is 2.69 bits per heavy atom. The monoisotopic (exact) mass is 588 g/mol. The van der Waals surface area contributed by atoms with Gasteiger partial charge < -0.3 is 15.6 Å². The van der Waals surface area contributed by atoms with Gasteiger partial charge in [0.2, 0.25) is 0 Å². The summed E-state index contributed by atoms with van der Waals surface area (Å²) in [5, 5.41) is 0. The van der Waals surface area contributed by atoms with E-state index in [1.807, 2.05) is 12.1 Å². The molecule has 4 heterocycles. The van der Waals surface area contributed by atoms with Crippen molar-refractivity contribution < 1.29 is 13.6 Å². The van der Waals surface area contributed by atoms with Gasteiger partial charge >= 0.3 is 0 Å². The quantitative estimate of drug-likeness (QED) is 0.249. The number of aromatic nitrogens is 4. The molecule has 10 heteroatoms. The van der Waals surface area contributed by atoms with Crippen LogP contribution in [0.4, 0.5) is 14.6 Å². The smallest absolute Gasteiger partial charge is 0.271 e. The van der Waals surface area contributed by atoms with E-state index in [9.17, 15) is 13.6 Å². The molecule has 7 nitrogen and oxygen atoms in total. The fourth-order valence-electron chi connectivity index (χ4n) is 5.14. The number of nitrogens with one attached hydrogen (secondary N) is 1. The molecule has 0 saturated carbocycles. The molecular formula is C29H23BrF2N6O. The first-order valence-corrected chi connectivity index (χ1v) is 13.3. The molecule has 4 aromatic heterocycles. The number of hydrogen-bond donors (Lipinski definition) is 2. The number of aromatic amines is 1. The molecule has 3 N–H and O–H groups in total. The van der Waals surface area contributed by atoms with Crippen LogP contribution in [-0.4, -0.2) is 30.7 Å². The molecule has 0 unspecified atom stereocenters. The number of carbonyl (C=O) groups excluding carboxylic acids is 1. The second kappa shape index (κ2) is 10.2. The number of rotatable bonds is 5. The maximum Gasteiger partial charge on any atom is 0.271 e. The van der Waals surface area contributed by atoms with E-state index in [0.717, 1.165) is 30.5 Å². The summed E-state index contributed by atoms with van der Waals surface area (Å²) < 4.78 is 29.3. The number of amides is 1. The minimum absolute atomic E-state index is 0.133. The van der Waals surface area contributed by atoms with Gasteiger partial charge in [0.05, 0.1) is 45.0 Å². The van der Waals surface area contributed by atoms with E-state index >= 15 is 0 Å². The third-order valence-corrected chi connectivity index (χ3v) is 7.66. The number of aryl methyl sites for hydroxylation is 1. The number of halogens is 3. The summed E-state index contributed by atoms with van der Waals surface area (Å²) in [6.07, 6.45) is 5.71. The van der Waals surface area contributed by atoms with Gasteiger partial charge in [-0.1, -0.05) is 18.2 Å². The molecular weight excluding hydrogens is 566 g/mol. The predicted molar refractivity (Wildman–Crippen MR) is 148 cm³/mol. The lowest BCUT2D eigenvalue weighted by molar-refractivity contribution is 0.0624. The highest BCUT2D eigenvalue weighted by Gasteiger charge is 2.32. The van der Waals surface area contributed by atoms with Gasteiger partial charge in [-0.2, -0.15) is 0 Å². The standard InChI is InChI=1S/C29H23BrF2N6O/c30-19-12-22-23(37-28(19)33)13-24(36-22)29(39)38(25-8-1-4-16-5-3-11-34-27(16)25)15-18-10-9-17(14-35-18)26-20(31)6-2-7-21(26)32/h2-3,5-7,9-14,25,36H,1,4,8,15H2,(H2,33,37)/t25-/m1/s1. The summed E-state index contributed by atoms with van der Waals surface area (Å²) in [4.78, 5) is 32.4. The van der Waals surface area contributed by atoms with Gasteiger partial charge in [0.25, 0.3) is 5.91 Å². The van der Waals surface area contributed by atoms with Crippen LogP contribution < -0.4 is 5.73 Å². The minimum Gasteiger partial charge on any atom is -0.383 e. The number of hydrogen-bond acceptors (Lipinski definition) is 5. The van der Waals surface area contributed by atoms with Gasteiger partial charge in [-0.15, -0.1) is 0 Å². The molecule has 1 aliphatic rings. The number of carbonyl (C=O) groups is 1. The van der Waals surface area contributed by atoms with Crippen LogP contribution >= 0.6 is 15.9 Å². The fraction of sp³-hybridized carbons (Fsp3) is 0.172. The summed E-state index contributed by atoms with van der Waals surface area (Å²) in [6.45, 7) is 0.175. The maximum absolute atomic E-state index is 14.3. The second-order valence-corrected chi connectivity index (χ2v) is 10.3. The summed E-state index contributed by atoms with van der Waals surface area (Å²) >= 11 is 3.38. The molecule has 39 heavy (non-hydrogen) atoms. The summed E-state index contributed by atoms with van der Waals surface area (Å²) in [7, 11) is 0. The van der Waals surface area contributed by atoms with Crippen molar-refractivity contribution in [2.75, 3.05) is 5.73 Å². The minimum atomic E-state index is -0.661. The van der Waals surface area contributed by atoms with Crippen LogP contribution in [0.5, 0.6) is 0 Å². The van der Waals surface area contributed by atoms with Crippen molar-refractivity contribution in [3.05, 3.63) is 106 Å². The normalized spacial score (nSPS) is 14.8. The van der Waals surface area contributed by atoms with Gasteiger partial charge in [-0.05, 0) is 77.2 Å². The van der Waals surface area contributed by atoms with Crippen LogP contribution in [0.15, 0.2) is 71.5 Å². The zero-order valence-electron chi connectivity index (χ0n) is 20.7. The Morgan fingerprint density at radius 2 is 1.92 bits per heavy atom. The SMILES string of the molecule is Nc1nc2cc(C(=O)N(Cc3ccc(-c4c(F)cccc4F)cn3)[C@@H]3CCCc4cccnc43)[nH]c2cc1Br. The van der Waals surface area contributed by atoms with Gasteiger partial charge in [0, 0.05) is 18.0 Å². The lowest BCUT2D eigenvalue weighted by Gasteiger charge is -2.34. The fourth-order valence-corrected chi connectivity index (χ4v) is 5.46. The molecule has 0 fully saturated rings. The van der Waals surface area contributed by atoms with Gasteiger partial charge in [-0.3, -0.25) is 14.8 Å². The number of benzene rings is 1. The predicted octanol–water partition coefficient (Wildman–Crippen LogP) is 6.36. The first-order valence-electron chi connectivity index (χ1n) is 12.5. The molecule has 0 radical (unpaired) electrons. The highest BCUT2D eigenvalue weighted by Crippen LogP contribution is 2.35. The van der Waals surface area contributed by atoms with Crippen molar-refractivity contribution in [3.63, 3.8) is 0 Å². The third-order valence-electron chi connectivity index (χ3n) is 7.02. The maximum atomic E-state index is 14.3. The molecule has 1 aliphatic carbocycles. The van der Waals surface area contributed by atoms with Crippen molar-refractivity contribution in [2.45, 2.75) is 31.8 Å². The van der Waals surface area contributed by atoms with E-state index in [4.69, 9.17) is 5.73 Å². The summed E-state index contributed by atoms with van der Waals surface area (Å²) in [6, 6.07) is 14.2. The van der Waals surface area contributed by atoms with Crippen molar-refractivity contribution in [2.24, 2.45) is 0 Å². The van der Waals surface area contributed by atoms with Crippen LogP contribution in [0.1, 0.15) is 46.3 Å². The van der Waals surface area contributed by atoms with Gasteiger partial charge in [-0.25, -0.2) is 13.8 Å². The highest BCUT2D eigenvalue weighted by molar-refractivity contribution is 9.10. The second-order valence-electron chi connectivity index (χ2n) is 9.49. The summed E-state index contributed by atoms with van der Waals surface area (Å²) in [5.41, 5.74) is 10.3. The largest absolute Gasteiger partial charge is 0.383 e. The van der Waals surface area contributed by atoms with E-state index in [1.165, 1.54) is 24.4 Å². The van der Waals surface area contributed by atoms with E-state index < -0.39 is 11.6 Å². The third kappa shape index (κ3) is 4.76. The number of fused-ring (bicyclic) bond motifs is 2. The molecule has 5 aromatic rings. The van der Waals surface area contributed by atoms with Gasteiger partial charge in [0.1, 0.15) is 23.1 Å². The van der Waals surface area contributed by atoms with Crippen LogP contribution in [0.25, 0.3) is 22.2 Å². The molecule has 6 rings (SSSR count). The lowest BCUT2D eigenvalue weighted by atomic mass is 9.90. The Labute approximate surface area is 231 Å². The van der Waals surface area contributed by atoms with Crippen LogP contribution in [0.3, 0.4) is 0 Å². The van der Waals surface area contributed by atoms with Crippen LogP contribution in [-0.2, 0) is 13.0 Å². The van der Waals surface area contributed by atoms with Crippen molar-refractivity contribution in [3.8, 4) is 11.1 Å². The highest BCUT2D eigenvalue weighted by atomic mass is 79.9. The lowest BCUT2D eigenvalue weighted by Crippen LogP contribution is -2.37. The van der Waals surface area contributed by atoms with Crippen molar-refractivity contribution in [1.29, 1.82) is 0 Å². The topological polar surface area (TPSA) is 101 Å². The Morgan fingerprint density at radius 1 is 1.10 bits per heavy atom. The molecule has 0 saturated heterocycles. The molecule has 0 aliphatic heterocycles. The van der Waals surface area contributed by atoms with Crippen LogP contribution in [0.2, 0.25) is 0 Å². The number of nitrogen functional groups attached to an aromatic ring is 1. The Hall–Kier alpha value is -4.18. The molecule has 1 aromatic carbocycles. The number of H-pyrrole nitrogens is 1. The molecule has 1 amide bonds. The Kier molecular flexibility index (Phi) is 6.56. The van der Waals surface area contributed by atoms with Crippen molar-refractivity contribution in [1.82, 2.24) is 24.8 Å². The zero-order chi connectivity index (χ0) is 27.1. The average Bonchev–Trinajstić information content (AvgIpc) is 3.34. The molecule has 1 atom stereocenters. The Balaban J connectivity index is 1.38. The zero-order valence-corrected chi connectivity index (χ0v) is 22.3. The Bertz CT molecular complexity index is 1650. The first kappa shape index (κ1) is 25.1. The number of nitrogens with zero attached hydrogens (tertiary/aromatic N) is 4. The van der Waals surface area contributed by atoms with E-state index in [2.05, 4.69) is 35.9 Å². The van der Waals surface area contributed by atoms with Gasteiger partial charge in [0.15, 0.2) is 0 Å². The van der Waals surface area contributed by atoms with Crippen LogP contribution in [0, 0.1) is 11.6 Å². The number of nitrogens with two attached hydrogens (primary N) is 1. The molecule has 0 spiro atoms. The van der Waals surface area contributed by atoms with Crippen molar-refractivity contribution >= 4 is 38.7 Å². The molecule has 0 bridgehead atoms. The van der Waals surface area contributed by atoms with E-state index in [1.54, 1.807) is 35.4 Å². The first-order chi connectivity index (χ1) is 18.9. The number of anilines is 1.